The van der Waals surface area contributed by atoms with Crippen LogP contribution >= 0.6 is 11.3 Å². The maximum atomic E-state index is 10.8. The zero-order valence-corrected chi connectivity index (χ0v) is 9.00. The van der Waals surface area contributed by atoms with E-state index in [1.54, 1.807) is 18.4 Å². The van der Waals surface area contributed by atoms with Gasteiger partial charge in [-0.25, -0.2) is 0 Å². The Kier molecular flexibility index (Phi) is 3.81. The van der Waals surface area contributed by atoms with Crippen LogP contribution in [-0.4, -0.2) is 23.0 Å². The van der Waals surface area contributed by atoms with Gasteiger partial charge in [-0.3, -0.25) is 14.9 Å². The molecule has 0 fully saturated rings. The maximum absolute atomic E-state index is 10.8. The third-order valence-electron chi connectivity index (χ3n) is 1.89. The van der Waals surface area contributed by atoms with Gasteiger partial charge in [0.1, 0.15) is 6.04 Å². The van der Waals surface area contributed by atoms with E-state index in [1.165, 1.54) is 11.3 Å². The lowest BCUT2D eigenvalue weighted by molar-refractivity contribution is -0.139. The molecule has 1 atom stereocenters. The number of carboxylic acid groups (broad SMARTS) is 1. The second-order valence-corrected chi connectivity index (χ2v) is 4.10. The Hall–Kier alpha value is -1.40. The first-order valence-electron chi connectivity index (χ1n) is 4.34. The fourth-order valence-electron chi connectivity index (χ4n) is 0.944. The summed E-state index contributed by atoms with van der Waals surface area (Å²) in [6.07, 6.45) is 0. The van der Waals surface area contributed by atoms with E-state index in [0.29, 0.717) is 12.1 Å². The summed E-state index contributed by atoms with van der Waals surface area (Å²) in [5.74, 6) is -1.37. The molecule has 1 aromatic heterocycles. The van der Waals surface area contributed by atoms with Crippen molar-refractivity contribution in [3.05, 3.63) is 21.9 Å². The first-order valence-corrected chi connectivity index (χ1v) is 5.22. The molecule has 1 rings (SSSR count). The first kappa shape index (κ1) is 11.7. The Morgan fingerprint density at radius 2 is 2.33 bits per heavy atom. The molecule has 1 heterocycles. The van der Waals surface area contributed by atoms with E-state index in [1.807, 2.05) is 0 Å². The highest BCUT2D eigenvalue weighted by molar-refractivity contribution is 7.10. The summed E-state index contributed by atoms with van der Waals surface area (Å²) in [5.41, 5.74) is 5.54. The van der Waals surface area contributed by atoms with Gasteiger partial charge in [-0.05, 0) is 13.0 Å². The molecule has 0 aliphatic rings. The molecule has 0 saturated carbocycles. The van der Waals surface area contributed by atoms with Gasteiger partial charge in [-0.15, -0.1) is 11.3 Å². The monoisotopic (exact) mass is 228 g/mol. The molecule has 0 saturated heterocycles. The average molecular weight is 228 g/mol. The van der Waals surface area contributed by atoms with Crippen molar-refractivity contribution in [2.45, 2.75) is 19.5 Å². The molecule has 0 spiro atoms. The fourth-order valence-corrected chi connectivity index (χ4v) is 1.77. The highest BCUT2D eigenvalue weighted by atomic mass is 32.1. The number of carbonyl (C=O) groups excluding carboxylic acids is 1. The lowest BCUT2D eigenvalue weighted by Gasteiger charge is -2.06. The number of rotatable bonds is 5. The van der Waals surface area contributed by atoms with Crippen LogP contribution in [0.5, 0.6) is 0 Å². The highest BCUT2D eigenvalue weighted by Crippen LogP contribution is 2.13. The predicted octanol–water partition coefficient (Wildman–Crippen LogP) is 0.410. The normalized spacial score (nSPS) is 12.3. The number of thiophene rings is 1. The van der Waals surface area contributed by atoms with Gasteiger partial charge >= 0.3 is 5.97 Å². The third kappa shape index (κ3) is 3.34. The molecule has 0 aliphatic carbocycles. The molecule has 5 nitrogen and oxygen atoms in total. The van der Waals surface area contributed by atoms with Gasteiger partial charge in [0.15, 0.2) is 0 Å². The van der Waals surface area contributed by atoms with Crippen LogP contribution in [0.4, 0.5) is 0 Å². The van der Waals surface area contributed by atoms with Crippen molar-refractivity contribution in [1.29, 1.82) is 0 Å². The van der Waals surface area contributed by atoms with E-state index in [4.69, 9.17) is 10.8 Å². The van der Waals surface area contributed by atoms with E-state index in [9.17, 15) is 9.59 Å². The zero-order valence-electron chi connectivity index (χ0n) is 8.19. The second kappa shape index (κ2) is 4.90. The van der Waals surface area contributed by atoms with Crippen molar-refractivity contribution in [2.24, 2.45) is 5.73 Å². The summed E-state index contributed by atoms with van der Waals surface area (Å²) in [4.78, 5) is 22.2. The zero-order chi connectivity index (χ0) is 11.4. The topological polar surface area (TPSA) is 92.4 Å². The lowest BCUT2D eigenvalue weighted by Crippen LogP contribution is -2.32. The standard InChI is InChI=1S/C9H12N2O3S/c1-5(9(13)14)11-3-7-2-6(4-15-7)8(10)12/h2,4-5,11H,3H2,1H3,(H2,10,12)(H,13,14). The maximum Gasteiger partial charge on any atom is 0.320 e. The van der Waals surface area contributed by atoms with Crippen LogP contribution in [0.15, 0.2) is 11.4 Å². The van der Waals surface area contributed by atoms with Crippen LogP contribution in [0.1, 0.15) is 22.2 Å². The van der Waals surface area contributed by atoms with E-state index < -0.39 is 17.9 Å². The number of nitrogens with two attached hydrogens (primary N) is 1. The lowest BCUT2D eigenvalue weighted by atomic mass is 10.3. The Morgan fingerprint density at radius 1 is 1.67 bits per heavy atom. The molecule has 0 aliphatic heterocycles. The Balaban J connectivity index is 2.51. The number of nitrogens with one attached hydrogen (secondary N) is 1. The van der Waals surface area contributed by atoms with Crippen molar-refractivity contribution < 1.29 is 14.7 Å². The predicted molar refractivity (Wildman–Crippen MR) is 56.8 cm³/mol. The smallest absolute Gasteiger partial charge is 0.320 e. The summed E-state index contributed by atoms with van der Waals surface area (Å²) >= 11 is 1.38. The molecular formula is C9H12N2O3S. The number of aliphatic carboxylic acids is 1. The molecule has 0 bridgehead atoms. The molecule has 82 valence electrons. The van der Waals surface area contributed by atoms with Crippen molar-refractivity contribution >= 4 is 23.2 Å². The van der Waals surface area contributed by atoms with Crippen molar-refractivity contribution in [3.8, 4) is 0 Å². The average Bonchev–Trinajstić information content (AvgIpc) is 2.62. The summed E-state index contributed by atoms with van der Waals surface area (Å²) in [7, 11) is 0. The number of amides is 1. The van der Waals surface area contributed by atoms with Gasteiger partial charge in [0, 0.05) is 16.8 Å². The van der Waals surface area contributed by atoms with Crippen LogP contribution in [0.2, 0.25) is 0 Å². The van der Waals surface area contributed by atoms with Gasteiger partial charge in [0.2, 0.25) is 5.91 Å². The molecule has 0 radical (unpaired) electrons. The van der Waals surface area contributed by atoms with Gasteiger partial charge < -0.3 is 10.8 Å². The molecule has 1 unspecified atom stereocenters. The summed E-state index contributed by atoms with van der Waals surface area (Å²) in [6, 6.07) is 1.05. The van der Waals surface area contributed by atoms with E-state index in [0.717, 1.165) is 4.88 Å². The Labute approximate surface area is 90.9 Å². The van der Waals surface area contributed by atoms with Crippen LogP contribution in [-0.2, 0) is 11.3 Å². The van der Waals surface area contributed by atoms with Gasteiger partial charge in [-0.2, -0.15) is 0 Å². The number of carbonyl (C=O) groups is 2. The minimum absolute atomic E-state index is 0.422. The number of hydrogen-bond donors (Lipinski definition) is 3. The third-order valence-corrected chi connectivity index (χ3v) is 2.83. The largest absolute Gasteiger partial charge is 0.480 e. The number of primary amides is 1. The quantitative estimate of drug-likeness (QED) is 0.680. The molecule has 1 amide bonds. The summed E-state index contributed by atoms with van der Waals surface area (Å²) in [6.45, 7) is 1.98. The molecular weight excluding hydrogens is 216 g/mol. The molecule has 1 aromatic rings. The molecule has 0 aromatic carbocycles. The van der Waals surface area contributed by atoms with Crippen LogP contribution in [0.25, 0.3) is 0 Å². The molecule has 4 N–H and O–H groups in total. The SMILES string of the molecule is CC(NCc1cc(C(N)=O)cs1)C(=O)O. The number of hydrogen-bond acceptors (Lipinski definition) is 4. The van der Waals surface area contributed by atoms with Crippen molar-refractivity contribution in [3.63, 3.8) is 0 Å². The summed E-state index contributed by atoms with van der Waals surface area (Å²) < 4.78 is 0. The minimum atomic E-state index is -0.901. The Bertz CT molecular complexity index is 375. The highest BCUT2D eigenvalue weighted by Gasteiger charge is 2.10. The second-order valence-electron chi connectivity index (χ2n) is 3.11. The Morgan fingerprint density at radius 3 is 2.80 bits per heavy atom. The number of carboxylic acids is 1. The van der Waals surface area contributed by atoms with Crippen LogP contribution in [0, 0.1) is 0 Å². The first-order chi connectivity index (χ1) is 7.00. The van der Waals surface area contributed by atoms with Crippen molar-refractivity contribution in [1.82, 2.24) is 5.32 Å². The molecule has 6 heteroatoms. The molecule has 15 heavy (non-hydrogen) atoms. The van der Waals surface area contributed by atoms with E-state index in [2.05, 4.69) is 5.32 Å². The van der Waals surface area contributed by atoms with E-state index >= 15 is 0 Å². The van der Waals surface area contributed by atoms with Gasteiger partial charge in [-0.1, -0.05) is 0 Å². The van der Waals surface area contributed by atoms with Crippen LogP contribution < -0.4 is 11.1 Å². The van der Waals surface area contributed by atoms with E-state index in [-0.39, 0.29) is 0 Å². The van der Waals surface area contributed by atoms with Crippen molar-refractivity contribution in [2.75, 3.05) is 0 Å². The minimum Gasteiger partial charge on any atom is -0.480 e. The fraction of sp³-hybridized carbons (Fsp3) is 0.333. The van der Waals surface area contributed by atoms with Crippen LogP contribution in [0.3, 0.4) is 0 Å². The van der Waals surface area contributed by atoms with Gasteiger partial charge in [0.25, 0.3) is 0 Å². The summed E-state index contributed by atoms with van der Waals surface area (Å²) in [5, 5.41) is 13.1. The van der Waals surface area contributed by atoms with Gasteiger partial charge in [0.05, 0.1) is 5.56 Å².